The standard InChI is InChI=1S/C19H22N4O2/c1-14-6-7-15(2)16(13-14)21-18(24)19(25)23-11-9-22(10-12-23)17-5-3-4-8-20-17/h3-8,13H,9-12H2,1-2H3,(H,21,24). The van der Waals surface area contributed by atoms with Crippen molar-refractivity contribution in [2.45, 2.75) is 13.8 Å². The highest BCUT2D eigenvalue weighted by Gasteiger charge is 2.26. The van der Waals surface area contributed by atoms with Crippen LogP contribution in [0.4, 0.5) is 11.5 Å². The highest BCUT2D eigenvalue weighted by molar-refractivity contribution is 6.39. The van der Waals surface area contributed by atoms with Gasteiger partial charge in [-0.15, -0.1) is 0 Å². The Bertz CT molecular complexity index is 768. The number of nitrogens with one attached hydrogen (secondary N) is 1. The smallest absolute Gasteiger partial charge is 0.313 e. The fourth-order valence-electron chi connectivity index (χ4n) is 2.87. The second-order valence-electron chi connectivity index (χ2n) is 6.24. The van der Waals surface area contributed by atoms with Gasteiger partial charge in [-0.05, 0) is 43.2 Å². The topological polar surface area (TPSA) is 65.5 Å². The van der Waals surface area contributed by atoms with E-state index in [2.05, 4.69) is 15.2 Å². The number of carbonyl (C=O) groups excluding carboxylic acids is 2. The normalized spacial score (nSPS) is 14.3. The van der Waals surface area contributed by atoms with Crippen LogP contribution in [0, 0.1) is 13.8 Å². The number of rotatable bonds is 2. The molecule has 2 aromatic rings. The van der Waals surface area contributed by atoms with Crippen molar-refractivity contribution in [3.8, 4) is 0 Å². The molecule has 25 heavy (non-hydrogen) atoms. The number of pyridine rings is 1. The lowest BCUT2D eigenvalue weighted by atomic mass is 10.1. The molecule has 1 fully saturated rings. The summed E-state index contributed by atoms with van der Waals surface area (Å²) < 4.78 is 0. The minimum atomic E-state index is -0.583. The molecule has 0 spiro atoms. The van der Waals surface area contributed by atoms with E-state index in [0.717, 1.165) is 16.9 Å². The zero-order valence-electron chi connectivity index (χ0n) is 14.5. The molecule has 1 aromatic carbocycles. The fraction of sp³-hybridized carbons (Fsp3) is 0.316. The lowest BCUT2D eigenvalue weighted by molar-refractivity contribution is -0.143. The van der Waals surface area contributed by atoms with Crippen molar-refractivity contribution in [3.05, 3.63) is 53.7 Å². The van der Waals surface area contributed by atoms with E-state index in [1.165, 1.54) is 0 Å². The van der Waals surface area contributed by atoms with Crippen LogP contribution in [-0.4, -0.2) is 47.9 Å². The Kier molecular flexibility index (Phi) is 4.97. The number of hydrogen-bond acceptors (Lipinski definition) is 4. The number of piperazine rings is 1. The number of nitrogens with zero attached hydrogens (tertiary/aromatic N) is 3. The van der Waals surface area contributed by atoms with Crippen molar-refractivity contribution in [3.63, 3.8) is 0 Å². The molecule has 130 valence electrons. The molecule has 1 saturated heterocycles. The van der Waals surface area contributed by atoms with Gasteiger partial charge in [-0.1, -0.05) is 18.2 Å². The number of benzene rings is 1. The third kappa shape index (κ3) is 3.96. The van der Waals surface area contributed by atoms with Gasteiger partial charge in [0.15, 0.2) is 0 Å². The lowest BCUT2D eigenvalue weighted by Crippen LogP contribution is -2.51. The van der Waals surface area contributed by atoms with Crippen LogP contribution in [0.2, 0.25) is 0 Å². The molecule has 1 aromatic heterocycles. The summed E-state index contributed by atoms with van der Waals surface area (Å²) in [6.45, 7) is 6.21. The van der Waals surface area contributed by atoms with Crippen LogP contribution in [0.25, 0.3) is 0 Å². The maximum absolute atomic E-state index is 12.4. The van der Waals surface area contributed by atoms with Gasteiger partial charge in [-0.3, -0.25) is 9.59 Å². The molecule has 2 heterocycles. The van der Waals surface area contributed by atoms with Gasteiger partial charge in [0, 0.05) is 38.1 Å². The average molecular weight is 338 g/mol. The Balaban J connectivity index is 1.58. The molecule has 1 N–H and O–H groups in total. The molecule has 1 aliphatic heterocycles. The number of carbonyl (C=O) groups is 2. The van der Waals surface area contributed by atoms with Crippen LogP contribution in [0.15, 0.2) is 42.6 Å². The van der Waals surface area contributed by atoms with Crippen LogP contribution in [-0.2, 0) is 9.59 Å². The van der Waals surface area contributed by atoms with Crippen LogP contribution in [0.1, 0.15) is 11.1 Å². The van der Waals surface area contributed by atoms with Gasteiger partial charge in [-0.25, -0.2) is 4.98 Å². The van der Waals surface area contributed by atoms with Gasteiger partial charge < -0.3 is 15.1 Å². The molecule has 3 rings (SSSR count). The fourth-order valence-corrected chi connectivity index (χ4v) is 2.87. The number of anilines is 2. The Morgan fingerprint density at radius 1 is 1.04 bits per heavy atom. The second kappa shape index (κ2) is 7.34. The molecule has 6 nitrogen and oxygen atoms in total. The minimum Gasteiger partial charge on any atom is -0.353 e. The first-order valence-corrected chi connectivity index (χ1v) is 8.38. The highest BCUT2D eigenvalue weighted by Crippen LogP contribution is 2.17. The zero-order valence-corrected chi connectivity index (χ0v) is 14.5. The van der Waals surface area contributed by atoms with E-state index < -0.39 is 11.8 Å². The molecule has 0 bridgehead atoms. The number of aryl methyl sites for hydroxylation is 2. The molecule has 2 amide bonds. The number of amides is 2. The zero-order chi connectivity index (χ0) is 17.8. The summed E-state index contributed by atoms with van der Waals surface area (Å²) in [5.74, 6) is -0.170. The van der Waals surface area contributed by atoms with Gasteiger partial charge >= 0.3 is 11.8 Å². The average Bonchev–Trinajstić information content (AvgIpc) is 2.65. The molecule has 0 aliphatic carbocycles. The molecule has 0 unspecified atom stereocenters. The predicted molar refractivity (Wildman–Crippen MR) is 97.6 cm³/mol. The SMILES string of the molecule is Cc1ccc(C)c(NC(=O)C(=O)N2CCN(c3ccccn3)CC2)c1. The van der Waals surface area contributed by atoms with Crippen molar-refractivity contribution in [2.24, 2.45) is 0 Å². The summed E-state index contributed by atoms with van der Waals surface area (Å²) >= 11 is 0. The monoisotopic (exact) mass is 338 g/mol. The lowest BCUT2D eigenvalue weighted by Gasteiger charge is -2.35. The van der Waals surface area contributed by atoms with Gasteiger partial charge in [0.05, 0.1) is 0 Å². The largest absolute Gasteiger partial charge is 0.353 e. The van der Waals surface area contributed by atoms with E-state index in [4.69, 9.17) is 0 Å². The molecular weight excluding hydrogens is 316 g/mol. The second-order valence-corrected chi connectivity index (χ2v) is 6.24. The summed E-state index contributed by atoms with van der Waals surface area (Å²) in [6.07, 6.45) is 1.75. The first kappa shape index (κ1) is 17.0. The third-order valence-electron chi connectivity index (χ3n) is 4.38. The van der Waals surface area contributed by atoms with Crippen molar-refractivity contribution in [1.82, 2.24) is 9.88 Å². The van der Waals surface area contributed by atoms with Crippen LogP contribution in [0.3, 0.4) is 0 Å². The van der Waals surface area contributed by atoms with Crippen molar-refractivity contribution >= 4 is 23.3 Å². The van der Waals surface area contributed by atoms with Crippen molar-refractivity contribution < 1.29 is 9.59 Å². The summed E-state index contributed by atoms with van der Waals surface area (Å²) in [5.41, 5.74) is 2.66. The highest BCUT2D eigenvalue weighted by atomic mass is 16.2. The van der Waals surface area contributed by atoms with E-state index >= 15 is 0 Å². The summed E-state index contributed by atoms with van der Waals surface area (Å²) in [4.78, 5) is 32.8. The van der Waals surface area contributed by atoms with E-state index in [-0.39, 0.29) is 0 Å². The number of hydrogen-bond donors (Lipinski definition) is 1. The summed E-state index contributed by atoms with van der Waals surface area (Å²) in [7, 11) is 0. The van der Waals surface area contributed by atoms with E-state index in [0.29, 0.717) is 31.9 Å². The Labute approximate surface area is 147 Å². The van der Waals surface area contributed by atoms with E-state index in [1.807, 2.05) is 50.2 Å². The summed E-state index contributed by atoms with van der Waals surface area (Å²) in [5, 5.41) is 2.73. The van der Waals surface area contributed by atoms with Gasteiger partial charge in [0.2, 0.25) is 0 Å². The Morgan fingerprint density at radius 3 is 2.48 bits per heavy atom. The van der Waals surface area contributed by atoms with E-state index in [9.17, 15) is 9.59 Å². The minimum absolute atomic E-state index is 0.485. The maximum Gasteiger partial charge on any atom is 0.313 e. The Morgan fingerprint density at radius 2 is 1.80 bits per heavy atom. The molecule has 6 heteroatoms. The third-order valence-corrected chi connectivity index (χ3v) is 4.38. The van der Waals surface area contributed by atoms with Crippen molar-refractivity contribution in [2.75, 3.05) is 36.4 Å². The first-order chi connectivity index (χ1) is 12.0. The molecule has 0 radical (unpaired) electrons. The van der Waals surface area contributed by atoms with Gasteiger partial charge in [0.1, 0.15) is 5.82 Å². The molecule has 0 atom stereocenters. The summed E-state index contributed by atoms with van der Waals surface area (Å²) in [6, 6.07) is 11.5. The Hall–Kier alpha value is -2.89. The maximum atomic E-state index is 12.4. The molecular formula is C19H22N4O2. The predicted octanol–water partition coefficient (Wildman–Crippen LogP) is 1.99. The van der Waals surface area contributed by atoms with Crippen LogP contribution in [0.5, 0.6) is 0 Å². The van der Waals surface area contributed by atoms with Crippen LogP contribution >= 0.6 is 0 Å². The molecule has 1 aliphatic rings. The van der Waals surface area contributed by atoms with Gasteiger partial charge in [0.25, 0.3) is 0 Å². The van der Waals surface area contributed by atoms with Gasteiger partial charge in [-0.2, -0.15) is 0 Å². The molecule has 0 saturated carbocycles. The number of aromatic nitrogens is 1. The first-order valence-electron chi connectivity index (χ1n) is 8.38. The van der Waals surface area contributed by atoms with Crippen molar-refractivity contribution in [1.29, 1.82) is 0 Å². The van der Waals surface area contributed by atoms with Crippen LogP contribution < -0.4 is 10.2 Å². The quantitative estimate of drug-likeness (QED) is 0.851. The van der Waals surface area contributed by atoms with E-state index in [1.54, 1.807) is 11.1 Å².